The van der Waals surface area contributed by atoms with E-state index in [1.807, 2.05) is 23.1 Å². The van der Waals surface area contributed by atoms with Gasteiger partial charge in [0.25, 0.3) is 0 Å². The molecule has 0 radical (unpaired) electrons. The number of hydrogen-bond donors (Lipinski definition) is 1. The normalized spacial score (nSPS) is 16.9. The molecule has 0 saturated carbocycles. The van der Waals surface area contributed by atoms with E-state index in [1.165, 1.54) is 0 Å². The molecule has 1 aliphatic heterocycles. The summed E-state index contributed by atoms with van der Waals surface area (Å²) in [6, 6.07) is 8.12. The Hall–Kier alpha value is -1.59. The van der Waals surface area contributed by atoms with Gasteiger partial charge in [-0.1, -0.05) is 19.1 Å². The van der Waals surface area contributed by atoms with Gasteiger partial charge in [0, 0.05) is 13.1 Å². The SMILES string of the molecule is CCCNC(CN1CCOCC1=O)c1cccc(OC)c1. The van der Waals surface area contributed by atoms with Gasteiger partial charge in [0.05, 0.1) is 19.8 Å². The summed E-state index contributed by atoms with van der Waals surface area (Å²) in [6.07, 6.45) is 1.05. The van der Waals surface area contributed by atoms with Crippen LogP contribution in [0.3, 0.4) is 0 Å². The van der Waals surface area contributed by atoms with Crippen molar-refractivity contribution in [2.24, 2.45) is 0 Å². The maximum atomic E-state index is 11.9. The number of carbonyl (C=O) groups excluding carboxylic acids is 1. The van der Waals surface area contributed by atoms with Gasteiger partial charge in [-0.05, 0) is 30.7 Å². The molecule has 0 aliphatic carbocycles. The number of nitrogens with zero attached hydrogens (tertiary/aromatic N) is 1. The Labute approximate surface area is 126 Å². The van der Waals surface area contributed by atoms with Crippen molar-refractivity contribution >= 4 is 5.91 Å². The standard InChI is InChI=1S/C16H24N2O3/c1-3-7-17-15(11-18-8-9-21-12-16(18)19)13-5-4-6-14(10-13)20-2/h4-6,10,15,17H,3,7-9,11-12H2,1-2H3. The summed E-state index contributed by atoms with van der Waals surface area (Å²) >= 11 is 0. The highest BCUT2D eigenvalue weighted by molar-refractivity contribution is 5.78. The molecule has 2 rings (SSSR count). The zero-order valence-electron chi connectivity index (χ0n) is 12.8. The molecule has 0 aromatic heterocycles. The molecule has 1 atom stereocenters. The molecule has 21 heavy (non-hydrogen) atoms. The van der Waals surface area contributed by atoms with Crippen molar-refractivity contribution in [3.63, 3.8) is 0 Å². The van der Waals surface area contributed by atoms with E-state index in [0.717, 1.165) is 24.3 Å². The monoisotopic (exact) mass is 292 g/mol. The third-order valence-electron chi connectivity index (χ3n) is 3.62. The molecule has 0 spiro atoms. The van der Waals surface area contributed by atoms with E-state index in [-0.39, 0.29) is 18.6 Å². The van der Waals surface area contributed by atoms with Gasteiger partial charge in [0.2, 0.25) is 5.91 Å². The lowest BCUT2D eigenvalue weighted by molar-refractivity contribution is -0.143. The minimum absolute atomic E-state index is 0.0624. The first-order valence-electron chi connectivity index (χ1n) is 7.47. The summed E-state index contributed by atoms with van der Waals surface area (Å²) in [5, 5.41) is 3.51. The first-order chi connectivity index (χ1) is 10.2. The van der Waals surface area contributed by atoms with Crippen LogP contribution in [0.4, 0.5) is 0 Å². The second kappa shape index (κ2) is 8.00. The summed E-state index contributed by atoms with van der Waals surface area (Å²) in [5.74, 6) is 0.900. The van der Waals surface area contributed by atoms with Crippen LogP contribution in [-0.2, 0) is 9.53 Å². The van der Waals surface area contributed by atoms with Crippen LogP contribution in [0.2, 0.25) is 0 Å². The van der Waals surface area contributed by atoms with Crippen LogP contribution in [0.25, 0.3) is 0 Å². The maximum Gasteiger partial charge on any atom is 0.248 e. The van der Waals surface area contributed by atoms with E-state index in [0.29, 0.717) is 19.7 Å². The van der Waals surface area contributed by atoms with Crippen LogP contribution in [0, 0.1) is 0 Å². The van der Waals surface area contributed by atoms with Gasteiger partial charge in [-0.15, -0.1) is 0 Å². The molecule has 1 heterocycles. The topological polar surface area (TPSA) is 50.8 Å². The number of ether oxygens (including phenoxy) is 2. The van der Waals surface area contributed by atoms with Gasteiger partial charge in [-0.3, -0.25) is 4.79 Å². The molecule has 116 valence electrons. The van der Waals surface area contributed by atoms with E-state index < -0.39 is 0 Å². The Bertz CT molecular complexity index is 465. The number of morpholine rings is 1. The molecule has 5 heteroatoms. The highest BCUT2D eigenvalue weighted by Gasteiger charge is 2.23. The van der Waals surface area contributed by atoms with Crippen molar-refractivity contribution in [1.29, 1.82) is 0 Å². The number of hydrogen-bond acceptors (Lipinski definition) is 4. The van der Waals surface area contributed by atoms with Crippen LogP contribution in [0.1, 0.15) is 24.9 Å². The largest absolute Gasteiger partial charge is 0.497 e. The van der Waals surface area contributed by atoms with Crippen LogP contribution < -0.4 is 10.1 Å². The quantitative estimate of drug-likeness (QED) is 0.829. The highest BCUT2D eigenvalue weighted by atomic mass is 16.5. The van der Waals surface area contributed by atoms with Crippen LogP contribution in [-0.4, -0.2) is 50.8 Å². The molecule has 1 aromatic carbocycles. The van der Waals surface area contributed by atoms with Crippen LogP contribution in [0.5, 0.6) is 5.75 Å². The zero-order chi connectivity index (χ0) is 15.1. The number of carbonyl (C=O) groups is 1. The van der Waals surface area contributed by atoms with E-state index in [4.69, 9.17) is 9.47 Å². The summed E-state index contributed by atoms with van der Waals surface area (Å²) in [6.45, 7) is 5.18. The van der Waals surface area contributed by atoms with E-state index in [1.54, 1.807) is 7.11 Å². The van der Waals surface area contributed by atoms with Crippen molar-refractivity contribution in [1.82, 2.24) is 10.2 Å². The highest BCUT2D eigenvalue weighted by Crippen LogP contribution is 2.20. The number of methoxy groups -OCH3 is 1. The molecular formula is C16H24N2O3. The Morgan fingerprint density at radius 3 is 3.05 bits per heavy atom. The van der Waals surface area contributed by atoms with Crippen LogP contribution >= 0.6 is 0 Å². The molecule has 0 bridgehead atoms. The molecule has 1 amide bonds. The van der Waals surface area contributed by atoms with Gasteiger partial charge in [-0.25, -0.2) is 0 Å². The minimum Gasteiger partial charge on any atom is -0.497 e. The average Bonchev–Trinajstić information content (AvgIpc) is 2.53. The van der Waals surface area contributed by atoms with Gasteiger partial charge in [0.15, 0.2) is 0 Å². The first-order valence-corrected chi connectivity index (χ1v) is 7.47. The zero-order valence-corrected chi connectivity index (χ0v) is 12.8. The lowest BCUT2D eigenvalue weighted by atomic mass is 10.1. The maximum absolute atomic E-state index is 11.9. The first kappa shape index (κ1) is 15.8. The van der Waals surface area contributed by atoms with Gasteiger partial charge < -0.3 is 19.7 Å². The number of amides is 1. The van der Waals surface area contributed by atoms with E-state index in [2.05, 4.69) is 18.3 Å². The predicted octanol–water partition coefficient (Wildman–Crippen LogP) is 1.59. The molecule has 5 nitrogen and oxygen atoms in total. The van der Waals surface area contributed by atoms with Crippen molar-refractivity contribution in [3.8, 4) is 5.75 Å². The number of nitrogens with one attached hydrogen (secondary N) is 1. The Balaban J connectivity index is 2.10. The molecule has 1 fully saturated rings. The summed E-state index contributed by atoms with van der Waals surface area (Å²) in [7, 11) is 1.67. The fraction of sp³-hybridized carbons (Fsp3) is 0.562. The molecule has 1 unspecified atom stereocenters. The Kier molecular flexibility index (Phi) is 6.02. The van der Waals surface area contributed by atoms with Crippen molar-refractivity contribution < 1.29 is 14.3 Å². The number of rotatable bonds is 7. The fourth-order valence-corrected chi connectivity index (χ4v) is 2.43. The second-order valence-electron chi connectivity index (χ2n) is 5.18. The Morgan fingerprint density at radius 1 is 1.48 bits per heavy atom. The molecular weight excluding hydrogens is 268 g/mol. The lowest BCUT2D eigenvalue weighted by Crippen LogP contribution is -2.45. The van der Waals surface area contributed by atoms with Crippen molar-refractivity contribution in [3.05, 3.63) is 29.8 Å². The number of benzene rings is 1. The van der Waals surface area contributed by atoms with Gasteiger partial charge >= 0.3 is 0 Å². The summed E-state index contributed by atoms with van der Waals surface area (Å²) in [4.78, 5) is 13.8. The molecule has 1 aromatic rings. The summed E-state index contributed by atoms with van der Waals surface area (Å²) in [5.41, 5.74) is 1.14. The Morgan fingerprint density at radius 2 is 2.33 bits per heavy atom. The fourth-order valence-electron chi connectivity index (χ4n) is 2.43. The van der Waals surface area contributed by atoms with Gasteiger partial charge in [0.1, 0.15) is 12.4 Å². The minimum atomic E-state index is 0.0624. The summed E-state index contributed by atoms with van der Waals surface area (Å²) < 4.78 is 10.5. The smallest absolute Gasteiger partial charge is 0.248 e. The molecule has 1 N–H and O–H groups in total. The van der Waals surface area contributed by atoms with Crippen LogP contribution in [0.15, 0.2) is 24.3 Å². The molecule has 1 saturated heterocycles. The van der Waals surface area contributed by atoms with E-state index >= 15 is 0 Å². The van der Waals surface area contributed by atoms with Crippen molar-refractivity contribution in [2.75, 3.05) is 40.0 Å². The third kappa shape index (κ3) is 4.44. The van der Waals surface area contributed by atoms with Gasteiger partial charge in [-0.2, -0.15) is 0 Å². The average molecular weight is 292 g/mol. The van der Waals surface area contributed by atoms with E-state index in [9.17, 15) is 4.79 Å². The lowest BCUT2D eigenvalue weighted by Gasteiger charge is -2.31. The van der Waals surface area contributed by atoms with Crippen molar-refractivity contribution in [2.45, 2.75) is 19.4 Å². The second-order valence-corrected chi connectivity index (χ2v) is 5.18. The molecule has 1 aliphatic rings. The predicted molar refractivity (Wildman–Crippen MR) is 81.4 cm³/mol. The third-order valence-corrected chi connectivity index (χ3v) is 3.62.